The van der Waals surface area contributed by atoms with Crippen LogP contribution in [0.1, 0.15) is 11.1 Å². The average Bonchev–Trinajstić information content (AvgIpc) is 3.25. The van der Waals surface area contributed by atoms with E-state index in [1.54, 1.807) is 0 Å². The van der Waals surface area contributed by atoms with Gasteiger partial charge < -0.3 is 14.4 Å². The number of esters is 1. The van der Waals surface area contributed by atoms with Crippen LogP contribution < -0.4 is 0 Å². The molecule has 0 radical (unpaired) electrons. The molecular weight excluding hydrogens is 308 g/mol. The molecule has 1 aromatic carbocycles. The van der Waals surface area contributed by atoms with Crippen LogP contribution in [0.5, 0.6) is 0 Å². The minimum absolute atomic E-state index is 0.0460. The summed E-state index contributed by atoms with van der Waals surface area (Å²) in [5.41, 5.74) is 1.92. The van der Waals surface area contributed by atoms with E-state index in [1.807, 2.05) is 17.0 Å². The Morgan fingerprint density at radius 1 is 1.29 bits per heavy atom. The molecule has 2 saturated heterocycles. The number of hydrogen-bond acceptors (Lipinski definition) is 5. The molecule has 1 amide bonds. The van der Waals surface area contributed by atoms with Crippen LogP contribution in [0.4, 0.5) is 0 Å². The van der Waals surface area contributed by atoms with Gasteiger partial charge in [0, 0.05) is 32.1 Å². The van der Waals surface area contributed by atoms with Crippen LogP contribution in [0.2, 0.25) is 0 Å². The molecule has 2 atom stereocenters. The third-order valence-electron chi connectivity index (χ3n) is 5.58. The molecule has 0 N–H and O–H groups in total. The van der Waals surface area contributed by atoms with Crippen molar-refractivity contribution in [3.63, 3.8) is 0 Å². The summed E-state index contributed by atoms with van der Waals surface area (Å²) in [6, 6.07) is 8.30. The molecule has 6 nitrogen and oxygen atoms in total. The number of carbonyl (C=O) groups excluding carboxylic acids is 2. The Bertz CT molecular complexity index is 652. The van der Waals surface area contributed by atoms with Crippen molar-refractivity contribution in [2.24, 2.45) is 11.3 Å². The summed E-state index contributed by atoms with van der Waals surface area (Å²) in [6.07, 6.45) is 0. The summed E-state index contributed by atoms with van der Waals surface area (Å²) in [6.45, 7) is 3.87. The normalized spacial score (nSPS) is 28.7. The van der Waals surface area contributed by atoms with Crippen LogP contribution in [0.3, 0.4) is 0 Å². The monoisotopic (exact) mass is 330 g/mol. The summed E-state index contributed by atoms with van der Waals surface area (Å²) in [5, 5.41) is 0. The Kier molecular flexibility index (Phi) is 3.81. The van der Waals surface area contributed by atoms with E-state index in [4.69, 9.17) is 9.47 Å². The lowest BCUT2D eigenvalue weighted by atomic mass is 9.81. The maximum absolute atomic E-state index is 12.7. The van der Waals surface area contributed by atoms with Gasteiger partial charge in [-0.25, -0.2) is 0 Å². The lowest BCUT2D eigenvalue weighted by Crippen LogP contribution is -2.42. The Morgan fingerprint density at radius 2 is 2.00 bits per heavy atom. The Balaban J connectivity index is 1.41. The van der Waals surface area contributed by atoms with E-state index in [1.165, 1.54) is 18.2 Å². The number of amides is 1. The van der Waals surface area contributed by atoms with Gasteiger partial charge in [-0.15, -0.1) is 0 Å². The van der Waals surface area contributed by atoms with Gasteiger partial charge in [-0.3, -0.25) is 14.5 Å². The quantitative estimate of drug-likeness (QED) is 0.762. The fourth-order valence-corrected chi connectivity index (χ4v) is 4.22. The van der Waals surface area contributed by atoms with E-state index < -0.39 is 5.41 Å². The summed E-state index contributed by atoms with van der Waals surface area (Å²) in [4.78, 5) is 28.9. The van der Waals surface area contributed by atoms with Gasteiger partial charge in [0.05, 0.1) is 26.9 Å². The van der Waals surface area contributed by atoms with E-state index in [-0.39, 0.29) is 17.8 Å². The summed E-state index contributed by atoms with van der Waals surface area (Å²) < 4.78 is 10.5. The van der Waals surface area contributed by atoms with Crippen molar-refractivity contribution < 1.29 is 19.1 Å². The number of nitrogens with zero attached hydrogens (tertiary/aromatic N) is 2. The molecule has 4 rings (SSSR count). The smallest absolute Gasteiger partial charge is 0.316 e. The number of ether oxygens (including phenoxy) is 2. The van der Waals surface area contributed by atoms with Gasteiger partial charge in [0.1, 0.15) is 5.41 Å². The zero-order valence-electron chi connectivity index (χ0n) is 13.9. The highest BCUT2D eigenvalue weighted by Gasteiger charge is 2.57. The van der Waals surface area contributed by atoms with Crippen molar-refractivity contribution in [2.75, 3.05) is 40.0 Å². The molecule has 3 aliphatic heterocycles. The van der Waals surface area contributed by atoms with E-state index in [9.17, 15) is 9.59 Å². The maximum atomic E-state index is 12.7. The molecular formula is C18H22N2O4. The second-order valence-corrected chi connectivity index (χ2v) is 7.05. The number of hydrogen-bond donors (Lipinski definition) is 0. The standard InChI is InChI=1S/C18H22N2O4/c1-23-17(22)18-11-20(8-15(18)10-24-12-18)16(21)9-19-6-13-4-2-3-5-14(13)7-19/h2-5,15H,6-12H2,1H3/t15-,18-/m0/s1. The first-order valence-electron chi connectivity index (χ1n) is 8.35. The van der Waals surface area contributed by atoms with Crippen molar-refractivity contribution >= 4 is 11.9 Å². The second-order valence-electron chi connectivity index (χ2n) is 7.05. The van der Waals surface area contributed by atoms with Gasteiger partial charge in [0.15, 0.2) is 0 Å². The van der Waals surface area contributed by atoms with Gasteiger partial charge >= 0.3 is 5.97 Å². The van der Waals surface area contributed by atoms with Gasteiger partial charge in [0.2, 0.25) is 5.91 Å². The molecule has 0 unspecified atom stereocenters. The second kappa shape index (κ2) is 5.86. The van der Waals surface area contributed by atoms with Crippen molar-refractivity contribution in [1.29, 1.82) is 0 Å². The predicted molar refractivity (Wildman–Crippen MR) is 85.9 cm³/mol. The van der Waals surface area contributed by atoms with Gasteiger partial charge in [-0.2, -0.15) is 0 Å². The lowest BCUT2D eigenvalue weighted by molar-refractivity contribution is -0.153. The van der Waals surface area contributed by atoms with E-state index in [0.29, 0.717) is 32.8 Å². The van der Waals surface area contributed by atoms with Crippen LogP contribution in [0.15, 0.2) is 24.3 Å². The zero-order chi connectivity index (χ0) is 16.7. The van der Waals surface area contributed by atoms with Crippen LogP contribution in [0.25, 0.3) is 0 Å². The molecule has 1 aromatic rings. The van der Waals surface area contributed by atoms with Crippen LogP contribution in [-0.2, 0) is 32.2 Å². The summed E-state index contributed by atoms with van der Waals surface area (Å²) in [7, 11) is 1.40. The highest BCUT2D eigenvalue weighted by molar-refractivity contribution is 5.83. The maximum Gasteiger partial charge on any atom is 0.316 e. The Labute approximate surface area is 141 Å². The molecule has 24 heavy (non-hydrogen) atoms. The molecule has 0 spiro atoms. The van der Waals surface area contributed by atoms with Crippen molar-refractivity contribution in [3.05, 3.63) is 35.4 Å². The number of rotatable bonds is 3. The molecule has 6 heteroatoms. The van der Waals surface area contributed by atoms with Gasteiger partial charge in [-0.1, -0.05) is 24.3 Å². The SMILES string of the molecule is COC(=O)[C@@]12COC[C@@H]1CN(C(=O)CN1Cc3ccccc3C1)C2. The van der Waals surface area contributed by atoms with Gasteiger partial charge in [-0.05, 0) is 11.1 Å². The molecule has 0 saturated carbocycles. The first-order valence-corrected chi connectivity index (χ1v) is 8.35. The first kappa shape index (κ1) is 15.6. The lowest BCUT2D eigenvalue weighted by Gasteiger charge is -2.25. The fourth-order valence-electron chi connectivity index (χ4n) is 4.22. The molecule has 0 aromatic heterocycles. The van der Waals surface area contributed by atoms with Crippen molar-refractivity contribution in [2.45, 2.75) is 13.1 Å². The third kappa shape index (κ3) is 2.41. The van der Waals surface area contributed by atoms with Crippen molar-refractivity contribution in [3.8, 4) is 0 Å². The minimum Gasteiger partial charge on any atom is -0.468 e. The number of fused-ring (bicyclic) bond motifs is 2. The van der Waals surface area contributed by atoms with Crippen LogP contribution in [-0.4, -0.2) is 61.6 Å². The first-order chi connectivity index (χ1) is 11.6. The molecule has 0 bridgehead atoms. The Hall–Kier alpha value is -1.92. The minimum atomic E-state index is -0.668. The number of benzene rings is 1. The molecule has 2 fully saturated rings. The van der Waals surface area contributed by atoms with E-state index >= 15 is 0 Å². The van der Waals surface area contributed by atoms with Crippen LogP contribution in [0, 0.1) is 11.3 Å². The zero-order valence-corrected chi connectivity index (χ0v) is 13.9. The van der Waals surface area contributed by atoms with Gasteiger partial charge in [0.25, 0.3) is 0 Å². The van der Waals surface area contributed by atoms with Crippen LogP contribution >= 0.6 is 0 Å². The number of carbonyl (C=O) groups is 2. The molecule has 0 aliphatic carbocycles. The highest BCUT2D eigenvalue weighted by Crippen LogP contribution is 2.42. The van der Waals surface area contributed by atoms with E-state index in [2.05, 4.69) is 17.0 Å². The largest absolute Gasteiger partial charge is 0.468 e. The predicted octanol–water partition coefficient (Wildman–Crippen LogP) is 0.650. The van der Waals surface area contributed by atoms with Crippen molar-refractivity contribution in [1.82, 2.24) is 9.80 Å². The fraction of sp³-hybridized carbons (Fsp3) is 0.556. The molecule has 3 aliphatic rings. The highest BCUT2D eigenvalue weighted by atomic mass is 16.5. The molecule has 128 valence electrons. The number of likely N-dealkylation sites (tertiary alicyclic amines) is 1. The van der Waals surface area contributed by atoms with E-state index in [0.717, 1.165) is 13.1 Å². The summed E-state index contributed by atoms with van der Waals surface area (Å²) >= 11 is 0. The summed E-state index contributed by atoms with van der Waals surface area (Å²) in [5.74, 6) is -0.126. The topological polar surface area (TPSA) is 59.1 Å². The Morgan fingerprint density at radius 3 is 2.67 bits per heavy atom. The average molecular weight is 330 g/mol. The molecule has 3 heterocycles. The number of methoxy groups -OCH3 is 1. The third-order valence-corrected chi connectivity index (χ3v) is 5.58.